The molecule has 2 saturated heterocycles. The van der Waals surface area contributed by atoms with Gasteiger partial charge in [0.05, 0.1) is 5.82 Å². The summed E-state index contributed by atoms with van der Waals surface area (Å²) >= 11 is 6.85. The number of urea groups is 1. The molecule has 2 aromatic carbocycles. The summed E-state index contributed by atoms with van der Waals surface area (Å²) in [5.74, 6) is 1.32. The smallest absolute Gasteiger partial charge is 0.322 e. The zero-order valence-electron chi connectivity index (χ0n) is 19.7. The number of imide groups is 1. The predicted octanol–water partition coefficient (Wildman–Crippen LogP) is 4.94. The van der Waals surface area contributed by atoms with Gasteiger partial charge < -0.3 is 16.0 Å². The SMILES string of the molecule is C=C1NC(=O)[C@@]2(CC[C@H](c3ccc(Br)cc3)C2)N1.O=C1NC(=O)[C@]2(CC[C@H](c3ccc(Br)cc3)C2)N1. The van der Waals surface area contributed by atoms with Gasteiger partial charge in [0.15, 0.2) is 0 Å². The maximum Gasteiger partial charge on any atom is 0.322 e. The summed E-state index contributed by atoms with van der Waals surface area (Å²) < 4.78 is 2.13. The molecule has 4 fully saturated rings. The monoisotopic (exact) mass is 614 g/mol. The van der Waals surface area contributed by atoms with Gasteiger partial charge in [0, 0.05) is 8.95 Å². The predicted molar refractivity (Wildman–Crippen MR) is 144 cm³/mol. The van der Waals surface area contributed by atoms with Crippen LogP contribution in [0.2, 0.25) is 0 Å². The van der Waals surface area contributed by atoms with Crippen LogP contribution in [0.5, 0.6) is 0 Å². The van der Waals surface area contributed by atoms with E-state index in [9.17, 15) is 14.4 Å². The van der Waals surface area contributed by atoms with Crippen molar-refractivity contribution in [2.24, 2.45) is 0 Å². The fraction of sp³-hybridized carbons (Fsp3) is 0.370. The third kappa shape index (κ3) is 4.83. The van der Waals surface area contributed by atoms with E-state index in [4.69, 9.17) is 0 Å². The minimum atomic E-state index is -0.672. The molecule has 6 rings (SSSR count). The maximum absolute atomic E-state index is 12.0. The molecular formula is C27H28Br2N4O3. The number of hydrogen-bond acceptors (Lipinski definition) is 4. The van der Waals surface area contributed by atoms with Gasteiger partial charge in [0.1, 0.15) is 11.1 Å². The fourth-order valence-electron chi connectivity index (χ4n) is 5.93. The third-order valence-corrected chi connectivity index (χ3v) is 8.87. The first-order chi connectivity index (χ1) is 17.2. The van der Waals surface area contributed by atoms with Crippen molar-refractivity contribution in [3.05, 3.63) is 81.0 Å². The van der Waals surface area contributed by atoms with Gasteiger partial charge >= 0.3 is 6.03 Å². The highest BCUT2D eigenvalue weighted by atomic mass is 79.9. The van der Waals surface area contributed by atoms with Crippen LogP contribution < -0.4 is 21.3 Å². The Kier molecular flexibility index (Phi) is 6.72. The van der Waals surface area contributed by atoms with E-state index < -0.39 is 11.1 Å². The van der Waals surface area contributed by atoms with Gasteiger partial charge in [-0.15, -0.1) is 0 Å². The van der Waals surface area contributed by atoms with Crippen LogP contribution in [0, 0.1) is 0 Å². The Hall–Kier alpha value is -2.65. The summed E-state index contributed by atoms with van der Waals surface area (Å²) in [6, 6.07) is 16.2. The number of rotatable bonds is 2. The minimum absolute atomic E-state index is 0.0760. The van der Waals surface area contributed by atoms with E-state index >= 15 is 0 Å². The van der Waals surface area contributed by atoms with E-state index in [-0.39, 0.29) is 17.8 Å². The maximum atomic E-state index is 12.0. The van der Waals surface area contributed by atoms with Gasteiger partial charge in [-0.1, -0.05) is 62.7 Å². The molecule has 0 aromatic heterocycles. The summed E-state index contributed by atoms with van der Waals surface area (Å²) in [4.78, 5) is 35.1. The van der Waals surface area contributed by atoms with E-state index in [0.717, 1.165) is 34.6 Å². The Morgan fingerprint density at radius 2 is 1.14 bits per heavy atom. The van der Waals surface area contributed by atoms with Gasteiger partial charge in [-0.2, -0.15) is 0 Å². The lowest BCUT2D eigenvalue weighted by Crippen LogP contribution is -2.44. The Morgan fingerprint density at radius 3 is 1.53 bits per heavy atom. The molecular weight excluding hydrogens is 588 g/mol. The average Bonchev–Trinajstić information content (AvgIpc) is 3.59. The summed E-state index contributed by atoms with van der Waals surface area (Å²) in [5, 5.41) is 11.1. The largest absolute Gasteiger partial charge is 0.358 e. The van der Waals surface area contributed by atoms with Crippen molar-refractivity contribution in [3.8, 4) is 0 Å². The standard InChI is InChI=1S/C14H15BrN2O.C13H13BrN2O2/c1-9-16-13(18)14(17-9)7-6-11(8-14)10-2-4-12(15)5-3-10;14-10-3-1-8(2-4-10)9-5-6-13(7-9)11(17)15-12(18)16-13/h2-5,11,17H,1,6-8H2,(H,16,18);1-4,9H,5-7H2,(H2,15,16,17,18)/t11-,14-;9-,13+/m00/s1. The van der Waals surface area contributed by atoms with E-state index in [2.05, 4.69) is 96.1 Å². The van der Waals surface area contributed by atoms with Crippen LogP contribution in [0.15, 0.2) is 69.9 Å². The number of carbonyl (C=O) groups is 3. The van der Waals surface area contributed by atoms with E-state index in [0.29, 0.717) is 30.5 Å². The summed E-state index contributed by atoms with van der Waals surface area (Å²) in [7, 11) is 0. The molecule has 4 amide bonds. The van der Waals surface area contributed by atoms with Crippen molar-refractivity contribution in [2.45, 2.75) is 61.4 Å². The first-order valence-electron chi connectivity index (χ1n) is 12.1. The van der Waals surface area contributed by atoms with Gasteiger partial charge in [-0.25, -0.2) is 4.79 Å². The molecule has 9 heteroatoms. The molecule has 4 atom stereocenters. The quantitative estimate of drug-likeness (QED) is 0.360. The Balaban J connectivity index is 0.000000148. The second kappa shape index (κ2) is 9.67. The Morgan fingerprint density at radius 1 is 0.694 bits per heavy atom. The number of hydrogen-bond donors (Lipinski definition) is 4. The third-order valence-electron chi connectivity index (χ3n) is 7.82. The van der Waals surface area contributed by atoms with Crippen LogP contribution >= 0.6 is 31.9 Å². The van der Waals surface area contributed by atoms with Crippen LogP contribution in [0.4, 0.5) is 4.79 Å². The molecule has 0 unspecified atom stereocenters. The molecule has 0 bridgehead atoms. The number of halogens is 2. The van der Waals surface area contributed by atoms with Crippen LogP contribution in [-0.2, 0) is 9.59 Å². The average molecular weight is 616 g/mol. The molecule has 4 N–H and O–H groups in total. The van der Waals surface area contributed by atoms with Gasteiger partial charge in [0.2, 0.25) is 0 Å². The van der Waals surface area contributed by atoms with E-state index in [1.807, 2.05) is 12.1 Å². The highest BCUT2D eigenvalue weighted by molar-refractivity contribution is 9.10. The topological polar surface area (TPSA) is 99.3 Å². The second-order valence-electron chi connectivity index (χ2n) is 10.1. The van der Waals surface area contributed by atoms with Crippen LogP contribution in [-0.4, -0.2) is 28.9 Å². The minimum Gasteiger partial charge on any atom is -0.358 e. The highest BCUT2D eigenvalue weighted by Gasteiger charge is 2.51. The van der Waals surface area contributed by atoms with E-state index in [1.165, 1.54) is 11.1 Å². The number of amides is 4. The molecule has 2 aromatic rings. The Bertz CT molecular complexity index is 1120. The van der Waals surface area contributed by atoms with Crippen molar-refractivity contribution in [2.75, 3.05) is 0 Å². The molecule has 4 aliphatic rings. The summed E-state index contributed by atoms with van der Waals surface area (Å²) in [6.07, 6.45) is 5.08. The first kappa shape index (κ1) is 25.0. The molecule has 2 spiro atoms. The number of carbonyl (C=O) groups excluding carboxylic acids is 3. The van der Waals surface area contributed by atoms with Gasteiger partial charge in [0.25, 0.3) is 11.8 Å². The van der Waals surface area contributed by atoms with Crippen molar-refractivity contribution >= 4 is 49.7 Å². The molecule has 36 heavy (non-hydrogen) atoms. The normalized spacial score (nSPS) is 30.6. The lowest BCUT2D eigenvalue weighted by molar-refractivity contribution is -0.124. The molecule has 188 valence electrons. The summed E-state index contributed by atoms with van der Waals surface area (Å²) in [6.45, 7) is 3.78. The van der Waals surface area contributed by atoms with E-state index in [1.54, 1.807) is 0 Å². The molecule has 2 aliphatic carbocycles. The van der Waals surface area contributed by atoms with Crippen molar-refractivity contribution in [1.82, 2.24) is 21.3 Å². The van der Waals surface area contributed by atoms with Gasteiger partial charge in [-0.05, 0) is 85.8 Å². The lowest BCUT2D eigenvalue weighted by atomic mass is 9.92. The highest BCUT2D eigenvalue weighted by Crippen LogP contribution is 2.44. The number of benzene rings is 2. The van der Waals surface area contributed by atoms with Crippen LogP contribution in [0.3, 0.4) is 0 Å². The molecule has 0 radical (unpaired) electrons. The lowest BCUT2D eigenvalue weighted by Gasteiger charge is -2.20. The van der Waals surface area contributed by atoms with Crippen molar-refractivity contribution < 1.29 is 14.4 Å². The van der Waals surface area contributed by atoms with Crippen LogP contribution in [0.25, 0.3) is 0 Å². The number of nitrogens with one attached hydrogen (secondary N) is 4. The fourth-order valence-corrected chi connectivity index (χ4v) is 6.46. The first-order valence-corrected chi connectivity index (χ1v) is 13.7. The molecule has 2 aliphatic heterocycles. The molecule has 2 heterocycles. The van der Waals surface area contributed by atoms with Crippen LogP contribution in [0.1, 0.15) is 61.5 Å². The van der Waals surface area contributed by atoms with Gasteiger partial charge in [-0.3, -0.25) is 14.9 Å². The zero-order chi connectivity index (χ0) is 25.5. The molecule has 2 saturated carbocycles. The summed E-state index contributed by atoms with van der Waals surface area (Å²) in [5.41, 5.74) is 1.44. The zero-order valence-corrected chi connectivity index (χ0v) is 22.9. The second-order valence-corrected chi connectivity index (χ2v) is 11.9. The Labute approximate surface area is 227 Å². The molecule has 7 nitrogen and oxygen atoms in total. The van der Waals surface area contributed by atoms with Crippen molar-refractivity contribution in [3.63, 3.8) is 0 Å². The van der Waals surface area contributed by atoms with Crippen molar-refractivity contribution in [1.29, 1.82) is 0 Å².